The van der Waals surface area contributed by atoms with Gasteiger partial charge in [0.2, 0.25) is 11.6 Å². The van der Waals surface area contributed by atoms with Crippen LogP contribution in [0.3, 0.4) is 0 Å². The number of rotatable bonds is 12. The lowest BCUT2D eigenvalue weighted by Gasteiger charge is -2.44. The van der Waals surface area contributed by atoms with Crippen LogP contribution in [0.5, 0.6) is 11.5 Å². The van der Waals surface area contributed by atoms with E-state index in [1.807, 2.05) is 0 Å². The van der Waals surface area contributed by atoms with E-state index in [1.165, 1.54) is 53.0 Å². The van der Waals surface area contributed by atoms with Gasteiger partial charge in [0.05, 0.1) is 46.2 Å². The van der Waals surface area contributed by atoms with Crippen LogP contribution in [0.2, 0.25) is 0 Å². The first-order chi connectivity index (χ1) is 37.4. The number of benzene rings is 1. The summed E-state index contributed by atoms with van der Waals surface area (Å²) in [7, 11) is 1.38. The molecule has 1 aromatic rings. The van der Waals surface area contributed by atoms with E-state index in [0.29, 0.717) is 0 Å². The molecule has 1 aliphatic carbocycles. The van der Waals surface area contributed by atoms with Gasteiger partial charge >= 0.3 is 35.6 Å². The second kappa shape index (κ2) is 27.2. The molecule has 24 nitrogen and oxygen atoms in total. The van der Waals surface area contributed by atoms with Crippen molar-refractivity contribution in [2.75, 3.05) is 26.0 Å². The standard InChI is InChI=1S/C54H69N3O21S2/c1-22-15-14-16-23(2)51(69)56-38-42(66)36-35(37-45(27(6)41(36)65)78-54(12,50(37)68)72-19-17-33(70-13)24(3)44(73-29(8)59)26(5)40(64)25(4)39(22)63)43(67)49(38)80-20-18-55-53(79)57-52-48(76-32(11)62)47(75-31(10)61)46(74-30(9)60)34(77-52)21-71-28(7)58/h14-17,19,22,24-26,33-34,39-40,44,46-48,52,63-65H,18,20-21H2,1-13H3,(H,56,69)(H2,55,57,79)/b15-14+,19-17+,23-16-/t22-,24-,25-,26+,33+,34-,39+,40+,44-,46-,47+,48-,52-,54+/m1/s1. The fourth-order valence-corrected chi connectivity index (χ4v) is 10.8. The maximum absolute atomic E-state index is 15.0. The second-order valence-corrected chi connectivity index (χ2v) is 21.4. The van der Waals surface area contributed by atoms with Gasteiger partial charge in [-0.25, -0.2) is 0 Å². The highest BCUT2D eigenvalue weighted by molar-refractivity contribution is 8.04. The van der Waals surface area contributed by atoms with Crippen molar-refractivity contribution in [3.8, 4) is 11.5 Å². The van der Waals surface area contributed by atoms with Gasteiger partial charge in [0.15, 0.2) is 29.7 Å². The molecule has 6 rings (SSSR count). The Kier molecular flexibility index (Phi) is 21.8. The third-order valence-corrected chi connectivity index (χ3v) is 15.2. The van der Waals surface area contributed by atoms with Crippen molar-refractivity contribution < 1.29 is 101 Å². The van der Waals surface area contributed by atoms with Crippen LogP contribution in [0.25, 0.3) is 0 Å². The number of aliphatic hydroxyl groups excluding tert-OH is 2. The zero-order chi connectivity index (χ0) is 59.8. The van der Waals surface area contributed by atoms with E-state index in [1.54, 1.807) is 33.8 Å². The Labute approximate surface area is 471 Å². The second-order valence-electron chi connectivity index (χ2n) is 19.9. The van der Waals surface area contributed by atoms with Crippen molar-refractivity contribution in [3.63, 3.8) is 0 Å². The third-order valence-electron chi connectivity index (χ3n) is 13.8. The molecule has 4 aliphatic heterocycles. The molecule has 0 unspecified atom stereocenters. The quantitative estimate of drug-likeness (QED) is 0.0757. The molecule has 14 atom stereocenters. The number of phenolic OH excluding ortho intramolecular Hbond substituents is 1. The number of thioether (sulfide) groups is 1. The number of carbonyl (C=O) groups excluding carboxylic acids is 9. The van der Waals surface area contributed by atoms with Crippen molar-refractivity contribution in [2.45, 2.75) is 144 Å². The Bertz CT molecular complexity index is 2780. The fourth-order valence-electron chi connectivity index (χ4n) is 9.64. The number of aromatic hydroxyl groups is 1. The molecule has 1 saturated heterocycles. The van der Waals surface area contributed by atoms with E-state index in [2.05, 4.69) is 16.0 Å². The lowest BCUT2D eigenvalue weighted by molar-refractivity contribution is -0.254. The smallest absolute Gasteiger partial charge is 0.312 e. The van der Waals surface area contributed by atoms with Gasteiger partial charge in [0.1, 0.15) is 36.0 Å². The molecule has 5 bridgehead atoms. The van der Waals surface area contributed by atoms with Gasteiger partial charge in [0.25, 0.3) is 11.7 Å². The van der Waals surface area contributed by atoms with Crippen LogP contribution in [0.15, 0.2) is 46.7 Å². The van der Waals surface area contributed by atoms with Gasteiger partial charge in [0, 0.05) is 95.8 Å². The Hall–Kier alpha value is -6.71. The number of amides is 1. The number of nitrogens with one attached hydrogen (secondary N) is 3. The maximum atomic E-state index is 15.0. The van der Waals surface area contributed by atoms with Crippen LogP contribution in [-0.2, 0) is 66.7 Å². The van der Waals surface area contributed by atoms with Gasteiger partial charge in [-0.05, 0) is 32.1 Å². The predicted molar refractivity (Wildman–Crippen MR) is 286 cm³/mol. The van der Waals surface area contributed by atoms with E-state index in [-0.39, 0.29) is 39.2 Å². The van der Waals surface area contributed by atoms with Crippen LogP contribution in [0.4, 0.5) is 0 Å². The first kappa shape index (κ1) is 64.1. The number of hydrogen-bond donors (Lipinski definition) is 6. The number of ketones is 3. The number of ether oxygens (including phenoxy) is 9. The zero-order valence-electron chi connectivity index (χ0n) is 46.5. The SMILES string of the molecule is CO[C@H]1/C=C/O[C@@]2(C)Oc3c(C)c(O)c4c(c3C2=O)C(=O)C(SCCNC(=S)N[C@@H]2O[C@H](COC(C)=O)[C@@H](OC(C)=O)[C@H](OC(C)=O)[C@H]2OC(C)=O)=C(NC(=O)/C(C)=C\C=C\[C@@H](C)[C@H](O)[C@@H](C)[C@H](O)[C@H](C)[C@H](OC(C)=O)[C@@H]1C)C4=O. The van der Waals surface area contributed by atoms with Crippen LogP contribution in [-0.4, -0.2) is 160 Å². The molecule has 0 spiro atoms. The molecule has 80 heavy (non-hydrogen) atoms. The highest BCUT2D eigenvalue weighted by Crippen LogP contribution is 2.49. The van der Waals surface area contributed by atoms with Crippen LogP contribution in [0, 0.1) is 30.6 Å². The number of methoxy groups -OCH3 is 1. The fraction of sp³-hybridized carbons (Fsp3) is 0.556. The monoisotopic (exact) mass is 1160 g/mol. The normalized spacial score (nSPS) is 31.4. The predicted octanol–water partition coefficient (Wildman–Crippen LogP) is 3.24. The average Bonchev–Trinajstić information content (AvgIpc) is 3.64. The number of carbonyl (C=O) groups is 9. The molecule has 1 fully saturated rings. The van der Waals surface area contributed by atoms with Gasteiger partial charge in [-0.15, -0.1) is 11.8 Å². The summed E-state index contributed by atoms with van der Waals surface area (Å²) in [6.45, 7) is 15.6. The lowest BCUT2D eigenvalue weighted by Crippen LogP contribution is -2.66. The Morgan fingerprint density at radius 3 is 1.98 bits per heavy atom. The topological polar surface area (TPSA) is 333 Å². The van der Waals surface area contributed by atoms with Gasteiger partial charge < -0.3 is 73.9 Å². The summed E-state index contributed by atoms with van der Waals surface area (Å²) < 4.78 is 51.2. The molecule has 1 amide bonds. The number of hydrogen-bond acceptors (Lipinski definition) is 23. The van der Waals surface area contributed by atoms with E-state index < -0.39 is 172 Å². The Morgan fingerprint density at radius 2 is 1.38 bits per heavy atom. The van der Waals surface area contributed by atoms with Crippen molar-refractivity contribution in [3.05, 3.63) is 69.0 Å². The van der Waals surface area contributed by atoms with Crippen LogP contribution in [0.1, 0.15) is 113 Å². The highest BCUT2D eigenvalue weighted by Gasteiger charge is 2.54. The molecular weight excluding hydrogens is 1090 g/mol. The minimum Gasteiger partial charge on any atom is -0.507 e. The number of esters is 5. The minimum absolute atomic E-state index is 0.0205. The molecule has 0 aromatic heterocycles. The van der Waals surface area contributed by atoms with Gasteiger partial charge in [-0.2, -0.15) is 0 Å². The van der Waals surface area contributed by atoms with E-state index in [0.717, 1.165) is 45.7 Å². The molecular formula is C54H69N3O21S2. The number of allylic oxidation sites excluding steroid dienone is 4. The minimum atomic E-state index is -2.21. The third kappa shape index (κ3) is 14.6. The lowest BCUT2D eigenvalue weighted by atomic mass is 9.78. The van der Waals surface area contributed by atoms with Gasteiger partial charge in [-0.1, -0.05) is 45.9 Å². The van der Waals surface area contributed by atoms with Gasteiger partial charge in [-0.3, -0.25) is 43.2 Å². The summed E-state index contributed by atoms with van der Waals surface area (Å²) in [5.74, 6) is -13.8. The summed E-state index contributed by atoms with van der Waals surface area (Å²) in [5.41, 5.74) is -2.15. The van der Waals surface area contributed by atoms with E-state index in [4.69, 9.17) is 54.8 Å². The highest BCUT2D eigenvalue weighted by atomic mass is 32.2. The largest absolute Gasteiger partial charge is 0.507 e. The Morgan fingerprint density at radius 1 is 0.775 bits per heavy atom. The van der Waals surface area contributed by atoms with Crippen molar-refractivity contribution in [2.24, 2.45) is 23.7 Å². The average molecular weight is 1160 g/mol. The zero-order valence-corrected chi connectivity index (χ0v) is 48.2. The number of Topliss-reactive ketones (excluding diaryl/α,β-unsaturated/α-hetero) is 3. The summed E-state index contributed by atoms with van der Waals surface area (Å²) in [6, 6.07) is 0. The number of fused-ring (bicyclic) bond motifs is 14. The summed E-state index contributed by atoms with van der Waals surface area (Å²) >= 11 is 6.32. The first-order valence-corrected chi connectivity index (χ1v) is 26.9. The van der Waals surface area contributed by atoms with E-state index >= 15 is 4.79 Å². The molecule has 438 valence electrons. The number of thiocarbonyl (C=S) groups is 1. The van der Waals surface area contributed by atoms with Crippen molar-refractivity contribution in [1.82, 2.24) is 16.0 Å². The van der Waals surface area contributed by atoms with Crippen LogP contribution < -0.4 is 20.7 Å². The molecule has 5 aliphatic rings. The molecule has 1 aromatic carbocycles. The molecule has 4 heterocycles. The van der Waals surface area contributed by atoms with Crippen LogP contribution >= 0.6 is 24.0 Å². The van der Waals surface area contributed by atoms with Crippen molar-refractivity contribution >= 4 is 82.2 Å². The molecule has 0 radical (unpaired) electrons. The first-order valence-electron chi connectivity index (χ1n) is 25.5. The van der Waals surface area contributed by atoms with E-state index in [9.17, 15) is 53.7 Å². The summed E-state index contributed by atoms with van der Waals surface area (Å²) in [5, 5.41) is 42.8. The number of aliphatic hydroxyl groups is 2. The summed E-state index contributed by atoms with van der Waals surface area (Å²) in [6.07, 6.45) is -4.44. The summed E-state index contributed by atoms with van der Waals surface area (Å²) in [4.78, 5) is 119. The Balaban J connectivity index is 1.53. The molecule has 26 heteroatoms. The maximum Gasteiger partial charge on any atom is 0.312 e. The van der Waals surface area contributed by atoms with Crippen molar-refractivity contribution in [1.29, 1.82) is 0 Å². The molecule has 0 saturated carbocycles. The molecule has 6 N–H and O–H groups in total. The number of phenols is 1.